The van der Waals surface area contributed by atoms with E-state index in [4.69, 9.17) is 0 Å². The van der Waals surface area contributed by atoms with Crippen molar-refractivity contribution in [3.05, 3.63) is 64.9 Å². The summed E-state index contributed by atoms with van der Waals surface area (Å²) in [6, 6.07) is 14.0. The van der Waals surface area contributed by atoms with Gasteiger partial charge in [0, 0.05) is 22.4 Å². The first-order valence-electron chi connectivity index (χ1n) is 7.24. The van der Waals surface area contributed by atoms with Gasteiger partial charge in [0.25, 0.3) is 0 Å². The Morgan fingerprint density at radius 1 is 1.04 bits per heavy atom. The van der Waals surface area contributed by atoms with Gasteiger partial charge in [-0.05, 0) is 48.9 Å². The molecule has 0 aliphatic heterocycles. The molecule has 4 rings (SSSR count). The van der Waals surface area contributed by atoms with E-state index in [1.165, 1.54) is 0 Å². The number of pyridine rings is 2. The lowest BCUT2D eigenvalue weighted by molar-refractivity contribution is 1.21. The highest BCUT2D eigenvalue weighted by molar-refractivity contribution is 9.10. The Morgan fingerprint density at radius 3 is 2.74 bits per heavy atom. The molecule has 0 bridgehead atoms. The third-order valence-electron chi connectivity index (χ3n) is 3.73. The van der Waals surface area contributed by atoms with Gasteiger partial charge in [-0.25, -0.2) is 4.98 Å². The van der Waals surface area contributed by atoms with Crippen LogP contribution in [0.25, 0.3) is 33.8 Å². The minimum atomic E-state index is 0.766. The first-order chi connectivity index (χ1) is 11.2. The molecule has 0 atom stereocenters. The lowest BCUT2D eigenvalue weighted by Gasteiger charge is -2.04. The van der Waals surface area contributed by atoms with Crippen molar-refractivity contribution >= 4 is 27.0 Å². The van der Waals surface area contributed by atoms with Crippen LogP contribution in [0.3, 0.4) is 0 Å². The van der Waals surface area contributed by atoms with Crippen LogP contribution in [0.4, 0.5) is 0 Å². The predicted octanol–water partition coefficient (Wildman–Crippen LogP) is 4.76. The number of halogens is 1. The van der Waals surface area contributed by atoms with Crippen LogP contribution in [0.15, 0.2) is 59.3 Å². The second kappa shape index (κ2) is 5.59. The first kappa shape index (κ1) is 14.1. The van der Waals surface area contributed by atoms with Crippen molar-refractivity contribution in [2.24, 2.45) is 0 Å². The molecule has 3 aromatic heterocycles. The molecule has 5 heteroatoms. The Labute approximate surface area is 141 Å². The maximum atomic E-state index is 4.59. The Kier molecular flexibility index (Phi) is 3.42. The molecular weight excluding hydrogens is 352 g/mol. The summed E-state index contributed by atoms with van der Waals surface area (Å²) in [7, 11) is 0. The number of aryl methyl sites for hydroxylation is 1. The molecular formula is C18H13BrN4. The van der Waals surface area contributed by atoms with Crippen LogP contribution < -0.4 is 0 Å². The predicted molar refractivity (Wildman–Crippen MR) is 95.0 cm³/mol. The lowest BCUT2D eigenvalue weighted by atomic mass is 10.1. The van der Waals surface area contributed by atoms with Gasteiger partial charge in [0.2, 0.25) is 0 Å². The minimum Gasteiger partial charge on any atom is -0.337 e. The van der Waals surface area contributed by atoms with Crippen LogP contribution in [0.5, 0.6) is 0 Å². The van der Waals surface area contributed by atoms with E-state index in [1.54, 1.807) is 6.20 Å². The van der Waals surface area contributed by atoms with Crippen LogP contribution in [-0.2, 0) is 0 Å². The third-order valence-corrected chi connectivity index (χ3v) is 4.23. The van der Waals surface area contributed by atoms with Gasteiger partial charge in [-0.2, -0.15) is 0 Å². The van der Waals surface area contributed by atoms with E-state index < -0.39 is 0 Å². The van der Waals surface area contributed by atoms with E-state index in [0.29, 0.717) is 0 Å². The van der Waals surface area contributed by atoms with Gasteiger partial charge in [-0.3, -0.25) is 9.97 Å². The summed E-state index contributed by atoms with van der Waals surface area (Å²) in [5, 5.41) is 0. The fourth-order valence-electron chi connectivity index (χ4n) is 2.57. The molecule has 0 saturated carbocycles. The number of hydrogen-bond acceptors (Lipinski definition) is 3. The van der Waals surface area contributed by atoms with Crippen molar-refractivity contribution in [3.8, 4) is 22.8 Å². The fraction of sp³-hybridized carbons (Fsp3) is 0.0556. The second-order valence-corrected chi connectivity index (χ2v) is 6.26. The van der Waals surface area contributed by atoms with E-state index in [2.05, 4.69) is 35.9 Å². The molecule has 0 aliphatic carbocycles. The number of rotatable bonds is 2. The monoisotopic (exact) mass is 364 g/mol. The highest BCUT2D eigenvalue weighted by Crippen LogP contribution is 2.24. The molecule has 23 heavy (non-hydrogen) atoms. The summed E-state index contributed by atoms with van der Waals surface area (Å²) in [6.07, 6.45) is 3.64. The molecule has 0 aliphatic rings. The number of aromatic nitrogens is 4. The molecule has 4 nitrogen and oxygen atoms in total. The van der Waals surface area contributed by atoms with Gasteiger partial charge in [-0.1, -0.05) is 22.0 Å². The van der Waals surface area contributed by atoms with Crippen LogP contribution in [0.1, 0.15) is 5.56 Å². The number of nitrogens with zero attached hydrogens (tertiary/aromatic N) is 3. The van der Waals surface area contributed by atoms with E-state index >= 15 is 0 Å². The van der Waals surface area contributed by atoms with Crippen molar-refractivity contribution in [2.75, 3.05) is 0 Å². The Balaban J connectivity index is 1.73. The van der Waals surface area contributed by atoms with Gasteiger partial charge in [0.1, 0.15) is 5.69 Å². The Morgan fingerprint density at radius 2 is 1.96 bits per heavy atom. The average Bonchev–Trinajstić information content (AvgIpc) is 2.98. The molecule has 1 aromatic carbocycles. The molecule has 0 spiro atoms. The van der Waals surface area contributed by atoms with E-state index in [-0.39, 0.29) is 0 Å². The van der Waals surface area contributed by atoms with E-state index in [9.17, 15) is 0 Å². The van der Waals surface area contributed by atoms with Gasteiger partial charge < -0.3 is 4.98 Å². The maximum absolute atomic E-state index is 4.59. The zero-order valence-corrected chi connectivity index (χ0v) is 14.0. The summed E-state index contributed by atoms with van der Waals surface area (Å²) >= 11 is 3.47. The number of hydrogen-bond donors (Lipinski definition) is 1. The molecule has 1 N–H and O–H groups in total. The van der Waals surface area contributed by atoms with Gasteiger partial charge >= 0.3 is 0 Å². The maximum Gasteiger partial charge on any atom is 0.157 e. The Hall–Kier alpha value is -2.53. The molecule has 0 saturated heterocycles. The second-order valence-electron chi connectivity index (χ2n) is 5.35. The standard InChI is InChI=1S/C18H13BrN4/c1-11-3-2-8-20-17(11)12-4-6-15(21-10-12)18-22-14-7-5-13(19)9-16(14)23-18/h2-10H,1H3,(H,22,23). The largest absolute Gasteiger partial charge is 0.337 e. The van der Waals surface area contributed by atoms with Gasteiger partial charge in [0.15, 0.2) is 5.82 Å². The molecule has 3 heterocycles. The van der Waals surface area contributed by atoms with Crippen LogP contribution in [-0.4, -0.2) is 19.9 Å². The summed E-state index contributed by atoms with van der Waals surface area (Å²) in [5.74, 6) is 0.766. The van der Waals surface area contributed by atoms with Crippen LogP contribution in [0, 0.1) is 6.92 Å². The van der Waals surface area contributed by atoms with Crippen molar-refractivity contribution < 1.29 is 0 Å². The third kappa shape index (κ3) is 2.64. The van der Waals surface area contributed by atoms with Crippen molar-refractivity contribution in [3.63, 3.8) is 0 Å². The average molecular weight is 365 g/mol. The summed E-state index contributed by atoms with van der Waals surface area (Å²) < 4.78 is 1.02. The van der Waals surface area contributed by atoms with Gasteiger partial charge in [0.05, 0.1) is 16.7 Å². The number of aromatic amines is 1. The van der Waals surface area contributed by atoms with Gasteiger partial charge in [-0.15, -0.1) is 0 Å². The number of fused-ring (bicyclic) bond motifs is 1. The molecule has 0 unspecified atom stereocenters. The van der Waals surface area contributed by atoms with Crippen LogP contribution in [0.2, 0.25) is 0 Å². The molecule has 0 radical (unpaired) electrons. The SMILES string of the molecule is Cc1cccnc1-c1ccc(-c2nc3ccc(Br)cc3[nH]2)nc1. The number of nitrogens with one attached hydrogen (secondary N) is 1. The topological polar surface area (TPSA) is 54.5 Å². The van der Waals surface area contributed by atoms with Crippen molar-refractivity contribution in [2.45, 2.75) is 6.92 Å². The van der Waals surface area contributed by atoms with Crippen molar-refractivity contribution in [1.82, 2.24) is 19.9 Å². The van der Waals surface area contributed by atoms with E-state index in [1.807, 2.05) is 55.6 Å². The van der Waals surface area contributed by atoms with E-state index in [0.717, 1.165) is 43.8 Å². The fourth-order valence-corrected chi connectivity index (χ4v) is 2.93. The van der Waals surface area contributed by atoms with Crippen LogP contribution >= 0.6 is 15.9 Å². The molecule has 4 aromatic rings. The summed E-state index contributed by atoms with van der Waals surface area (Å²) in [6.45, 7) is 2.05. The minimum absolute atomic E-state index is 0.766. The Bertz CT molecular complexity index is 990. The zero-order chi connectivity index (χ0) is 15.8. The summed E-state index contributed by atoms with van der Waals surface area (Å²) in [5.41, 5.74) is 5.83. The normalized spacial score (nSPS) is 11.0. The smallest absolute Gasteiger partial charge is 0.157 e. The highest BCUT2D eigenvalue weighted by atomic mass is 79.9. The lowest BCUT2D eigenvalue weighted by Crippen LogP contribution is -1.90. The molecule has 0 fully saturated rings. The number of H-pyrrole nitrogens is 1. The van der Waals surface area contributed by atoms with Crippen molar-refractivity contribution in [1.29, 1.82) is 0 Å². The zero-order valence-electron chi connectivity index (χ0n) is 12.4. The molecule has 112 valence electrons. The number of imidazole rings is 1. The first-order valence-corrected chi connectivity index (χ1v) is 8.04. The number of benzene rings is 1. The molecule has 0 amide bonds. The quantitative estimate of drug-likeness (QED) is 0.557. The summed E-state index contributed by atoms with van der Waals surface area (Å²) in [4.78, 5) is 16.9. The highest BCUT2D eigenvalue weighted by Gasteiger charge is 2.08.